The lowest BCUT2D eigenvalue weighted by molar-refractivity contribution is 0.0515. The van der Waals surface area contributed by atoms with Crippen LogP contribution in [-0.4, -0.2) is 48.4 Å². The van der Waals surface area contributed by atoms with Crippen molar-refractivity contribution in [2.45, 2.75) is 46.8 Å². The summed E-state index contributed by atoms with van der Waals surface area (Å²) >= 11 is 2.13. The Morgan fingerprint density at radius 2 is 1.95 bits per heavy atom. The smallest absolute Gasteiger partial charge is 0.416 e. The molecule has 11 heteroatoms. The van der Waals surface area contributed by atoms with Crippen molar-refractivity contribution in [3.05, 3.63) is 63.2 Å². The van der Waals surface area contributed by atoms with E-state index in [1.165, 1.54) is 11.0 Å². The van der Waals surface area contributed by atoms with E-state index in [1.54, 1.807) is 38.4 Å². The molecule has 10 nitrogen and oxygen atoms in total. The number of halogens is 1. The lowest BCUT2D eigenvalue weighted by Gasteiger charge is -2.28. The minimum absolute atomic E-state index is 0.0810. The maximum absolute atomic E-state index is 13.6. The summed E-state index contributed by atoms with van der Waals surface area (Å²) in [7, 11) is 1.92. The molecule has 4 aromatic rings. The summed E-state index contributed by atoms with van der Waals surface area (Å²) in [5.41, 5.74) is 2.26. The number of nitrogens with zero attached hydrogens (tertiary/aromatic N) is 6. The van der Waals surface area contributed by atoms with Crippen LogP contribution in [0.15, 0.2) is 42.7 Å². The third-order valence-electron chi connectivity index (χ3n) is 5.40. The highest BCUT2D eigenvalue weighted by Gasteiger charge is 2.28. The Labute approximate surface area is 228 Å². The third kappa shape index (κ3) is 5.76. The van der Waals surface area contributed by atoms with Crippen LogP contribution in [0.3, 0.4) is 0 Å². The summed E-state index contributed by atoms with van der Waals surface area (Å²) in [5.74, 6) is 0.566. The minimum atomic E-state index is -0.741. The number of aryl methyl sites for hydroxylation is 2. The standard InChI is InChI=1S/C26H29IN6O4/c1-7-36-24(34)19-14-20(33-23(29-19)21(27)16(2)30-33)32(25(35)37-26(3,4)5)15-17-9-8-10-18(13-17)22-28-11-12-31(22)6/h8-14H,7,15H2,1-6H3. The molecule has 0 aliphatic heterocycles. The van der Waals surface area contributed by atoms with E-state index in [9.17, 15) is 9.59 Å². The summed E-state index contributed by atoms with van der Waals surface area (Å²) in [6, 6.07) is 9.29. The van der Waals surface area contributed by atoms with Crippen LogP contribution in [0.4, 0.5) is 10.6 Å². The Bertz CT molecular complexity index is 1470. The molecule has 194 valence electrons. The Balaban J connectivity index is 1.86. The molecule has 0 bridgehead atoms. The summed E-state index contributed by atoms with van der Waals surface area (Å²) in [6.07, 6.45) is 3.03. The lowest BCUT2D eigenvalue weighted by Crippen LogP contribution is -2.38. The number of hydrogen-bond acceptors (Lipinski definition) is 7. The number of carbonyl (C=O) groups excluding carboxylic acids is 2. The lowest BCUT2D eigenvalue weighted by atomic mass is 10.1. The van der Waals surface area contributed by atoms with Gasteiger partial charge in [0.15, 0.2) is 11.3 Å². The molecule has 4 rings (SSSR count). The first-order valence-electron chi connectivity index (χ1n) is 11.8. The van der Waals surface area contributed by atoms with Crippen molar-refractivity contribution in [1.29, 1.82) is 0 Å². The first-order chi connectivity index (χ1) is 17.5. The molecule has 0 aliphatic rings. The predicted octanol–water partition coefficient (Wildman–Crippen LogP) is 5.16. The van der Waals surface area contributed by atoms with Crippen molar-refractivity contribution < 1.29 is 19.1 Å². The van der Waals surface area contributed by atoms with E-state index in [-0.39, 0.29) is 18.8 Å². The predicted molar refractivity (Wildman–Crippen MR) is 147 cm³/mol. The molecule has 3 aromatic heterocycles. The second-order valence-electron chi connectivity index (χ2n) is 9.48. The minimum Gasteiger partial charge on any atom is -0.461 e. The first kappa shape index (κ1) is 26.6. The van der Waals surface area contributed by atoms with Gasteiger partial charge in [-0.3, -0.25) is 4.90 Å². The van der Waals surface area contributed by atoms with Crippen molar-refractivity contribution in [2.24, 2.45) is 7.05 Å². The molecular weight excluding hydrogens is 587 g/mol. The first-order valence-corrected chi connectivity index (χ1v) is 12.9. The maximum atomic E-state index is 13.6. The van der Waals surface area contributed by atoms with Crippen LogP contribution in [0.2, 0.25) is 0 Å². The SMILES string of the molecule is CCOC(=O)c1cc(N(Cc2cccc(-c3nccn3C)c2)C(=O)OC(C)(C)C)n2nc(C)c(I)c2n1. The maximum Gasteiger partial charge on any atom is 0.416 e. The molecule has 0 saturated heterocycles. The van der Waals surface area contributed by atoms with Crippen molar-refractivity contribution in [3.8, 4) is 11.4 Å². The number of esters is 1. The number of amides is 1. The molecule has 0 atom stereocenters. The van der Waals surface area contributed by atoms with E-state index in [1.807, 2.05) is 49.0 Å². The number of rotatable bonds is 6. The van der Waals surface area contributed by atoms with Gasteiger partial charge in [0.25, 0.3) is 0 Å². The van der Waals surface area contributed by atoms with Crippen molar-refractivity contribution in [1.82, 2.24) is 24.1 Å². The number of fused-ring (bicyclic) bond motifs is 1. The fraction of sp³-hybridized carbons (Fsp3) is 0.346. The van der Waals surface area contributed by atoms with Gasteiger partial charge in [-0.25, -0.2) is 19.6 Å². The number of benzene rings is 1. The number of aromatic nitrogens is 5. The zero-order valence-corrected chi connectivity index (χ0v) is 23.8. The van der Waals surface area contributed by atoms with Crippen LogP contribution in [0.5, 0.6) is 0 Å². The fourth-order valence-corrected chi connectivity index (χ4v) is 4.23. The molecular formula is C26H29IN6O4. The van der Waals surface area contributed by atoms with Gasteiger partial charge in [-0.05, 0) is 68.8 Å². The quantitative estimate of drug-likeness (QED) is 0.218. The summed E-state index contributed by atoms with van der Waals surface area (Å²) < 4.78 is 15.2. The van der Waals surface area contributed by atoms with E-state index in [0.717, 1.165) is 26.2 Å². The van der Waals surface area contributed by atoms with E-state index < -0.39 is 17.7 Å². The van der Waals surface area contributed by atoms with Crippen LogP contribution in [0, 0.1) is 10.5 Å². The van der Waals surface area contributed by atoms with Gasteiger partial charge >= 0.3 is 12.1 Å². The highest BCUT2D eigenvalue weighted by Crippen LogP contribution is 2.27. The largest absolute Gasteiger partial charge is 0.461 e. The molecule has 0 aliphatic carbocycles. The highest BCUT2D eigenvalue weighted by atomic mass is 127. The van der Waals surface area contributed by atoms with Gasteiger partial charge in [0, 0.05) is 31.1 Å². The molecule has 0 spiro atoms. The zero-order chi connectivity index (χ0) is 26.9. The van der Waals surface area contributed by atoms with E-state index >= 15 is 0 Å². The summed E-state index contributed by atoms with van der Waals surface area (Å²) in [4.78, 5) is 36.6. The monoisotopic (exact) mass is 616 g/mol. The molecule has 0 fully saturated rings. The Hall–Kier alpha value is -3.48. The second kappa shape index (κ2) is 10.5. The average molecular weight is 616 g/mol. The molecule has 3 heterocycles. The normalized spacial score (nSPS) is 11.5. The second-order valence-corrected chi connectivity index (χ2v) is 10.6. The molecule has 1 aromatic carbocycles. The molecule has 37 heavy (non-hydrogen) atoms. The zero-order valence-electron chi connectivity index (χ0n) is 21.6. The van der Waals surface area contributed by atoms with Crippen molar-refractivity contribution in [3.63, 3.8) is 0 Å². The van der Waals surface area contributed by atoms with E-state index in [2.05, 4.69) is 37.7 Å². The van der Waals surface area contributed by atoms with Gasteiger partial charge in [-0.15, -0.1) is 0 Å². The van der Waals surface area contributed by atoms with Gasteiger partial charge < -0.3 is 14.0 Å². The van der Waals surface area contributed by atoms with Crippen LogP contribution in [0.1, 0.15) is 49.4 Å². The molecule has 0 unspecified atom stereocenters. The van der Waals surface area contributed by atoms with Crippen LogP contribution < -0.4 is 4.90 Å². The summed E-state index contributed by atoms with van der Waals surface area (Å²) in [6.45, 7) is 9.34. The fourth-order valence-electron chi connectivity index (χ4n) is 3.78. The van der Waals surface area contributed by atoms with E-state index in [4.69, 9.17) is 9.47 Å². The van der Waals surface area contributed by atoms with E-state index in [0.29, 0.717) is 11.5 Å². The average Bonchev–Trinajstić information content (AvgIpc) is 3.39. The van der Waals surface area contributed by atoms with Crippen molar-refractivity contribution >= 4 is 46.1 Å². The van der Waals surface area contributed by atoms with Crippen LogP contribution in [-0.2, 0) is 23.1 Å². The molecule has 0 saturated carbocycles. The Morgan fingerprint density at radius 1 is 1.19 bits per heavy atom. The molecule has 0 radical (unpaired) electrons. The Kier molecular flexibility index (Phi) is 7.53. The number of anilines is 1. The molecule has 0 N–H and O–H groups in total. The van der Waals surface area contributed by atoms with Crippen LogP contribution in [0.25, 0.3) is 17.0 Å². The third-order valence-corrected chi connectivity index (χ3v) is 6.66. The van der Waals surface area contributed by atoms with Gasteiger partial charge in [-0.1, -0.05) is 18.2 Å². The van der Waals surface area contributed by atoms with Crippen molar-refractivity contribution in [2.75, 3.05) is 11.5 Å². The van der Waals surface area contributed by atoms with Gasteiger partial charge in [0.2, 0.25) is 0 Å². The number of ether oxygens (including phenoxy) is 2. The highest BCUT2D eigenvalue weighted by molar-refractivity contribution is 14.1. The number of imidazole rings is 1. The van der Waals surface area contributed by atoms with Crippen LogP contribution >= 0.6 is 22.6 Å². The van der Waals surface area contributed by atoms with Gasteiger partial charge in [-0.2, -0.15) is 9.61 Å². The number of carbonyl (C=O) groups is 2. The Morgan fingerprint density at radius 3 is 2.59 bits per heavy atom. The molecule has 1 amide bonds. The summed E-state index contributed by atoms with van der Waals surface area (Å²) in [5, 5.41) is 4.60. The van der Waals surface area contributed by atoms with Gasteiger partial charge in [0.1, 0.15) is 17.2 Å². The number of hydrogen-bond donors (Lipinski definition) is 0. The topological polar surface area (TPSA) is 104 Å². The van der Waals surface area contributed by atoms with Gasteiger partial charge in [0.05, 0.1) is 22.4 Å².